The number of hydrogen-bond acceptors (Lipinski definition) is 3. The Labute approximate surface area is 128 Å². The number of nitrogens with one attached hydrogen (secondary N) is 1. The first-order valence-corrected chi connectivity index (χ1v) is 7.18. The number of aromatic nitrogens is 3. The maximum atomic E-state index is 12.8. The van der Waals surface area contributed by atoms with E-state index in [0.717, 1.165) is 19.0 Å². The summed E-state index contributed by atoms with van der Waals surface area (Å²) in [6.07, 6.45) is -2.04. The molecule has 2 rings (SSSR count). The zero-order valence-corrected chi connectivity index (χ0v) is 12.9. The summed E-state index contributed by atoms with van der Waals surface area (Å²) in [5.41, 5.74) is -0.320. The van der Waals surface area contributed by atoms with E-state index in [1.807, 2.05) is 6.92 Å². The van der Waals surface area contributed by atoms with Gasteiger partial charge in [-0.2, -0.15) is 18.3 Å². The van der Waals surface area contributed by atoms with Gasteiger partial charge >= 0.3 is 6.18 Å². The van der Waals surface area contributed by atoms with Crippen molar-refractivity contribution in [2.24, 2.45) is 0 Å². The van der Waals surface area contributed by atoms with Crippen molar-refractivity contribution < 1.29 is 13.2 Å². The second kappa shape index (κ2) is 6.46. The molecular formula is C13H14BrF3N4. The lowest BCUT2D eigenvalue weighted by Gasteiger charge is -2.12. The van der Waals surface area contributed by atoms with Crippen LogP contribution in [-0.4, -0.2) is 14.8 Å². The summed E-state index contributed by atoms with van der Waals surface area (Å²) in [5.74, 6) is 0.688. The summed E-state index contributed by atoms with van der Waals surface area (Å²) in [7, 11) is 0. The van der Waals surface area contributed by atoms with Crippen molar-refractivity contribution in [1.82, 2.24) is 14.8 Å². The van der Waals surface area contributed by atoms with Gasteiger partial charge in [-0.1, -0.05) is 22.9 Å². The first-order valence-electron chi connectivity index (χ1n) is 6.39. The Kier molecular flexibility index (Phi) is 4.87. The summed E-state index contributed by atoms with van der Waals surface area (Å²) in [6, 6.07) is 4.03. The molecule has 0 aliphatic rings. The lowest BCUT2D eigenvalue weighted by molar-refractivity contribution is -0.138. The Morgan fingerprint density at radius 2 is 2.10 bits per heavy atom. The second-order valence-corrected chi connectivity index (χ2v) is 5.30. The Hall–Kier alpha value is -1.57. The molecule has 114 valence electrons. The van der Waals surface area contributed by atoms with Gasteiger partial charge in [0.15, 0.2) is 0 Å². The van der Waals surface area contributed by atoms with Crippen molar-refractivity contribution in [3.05, 3.63) is 40.4 Å². The Bertz CT molecular complexity index is 610. The van der Waals surface area contributed by atoms with E-state index in [-0.39, 0.29) is 4.47 Å². The molecule has 1 aromatic heterocycles. The Balaban J connectivity index is 2.12. The van der Waals surface area contributed by atoms with Gasteiger partial charge in [0, 0.05) is 16.7 Å². The number of benzene rings is 1. The van der Waals surface area contributed by atoms with Gasteiger partial charge in [-0.15, -0.1) is 0 Å². The number of alkyl halides is 3. The molecule has 8 heteroatoms. The minimum atomic E-state index is -4.39. The average Bonchev–Trinajstić information content (AvgIpc) is 2.84. The van der Waals surface area contributed by atoms with Crippen LogP contribution in [0.5, 0.6) is 0 Å². The lowest BCUT2D eigenvalue weighted by atomic mass is 10.2. The van der Waals surface area contributed by atoms with Crippen molar-refractivity contribution in [3.8, 4) is 0 Å². The van der Waals surface area contributed by atoms with Crippen LogP contribution in [0, 0.1) is 0 Å². The normalized spacial score (nSPS) is 11.7. The molecule has 1 heterocycles. The number of halogens is 4. The topological polar surface area (TPSA) is 42.7 Å². The highest BCUT2D eigenvalue weighted by atomic mass is 79.9. The van der Waals surface area contributed by atoms with Crippen molar-refractivity contribution in [1.29, 1.82) is 0 Å². The monoisotopic (exact) mass is 362 g/mol. The molecule has 1 aromatic carbocycles. The van der Waals surface area contributed by atoms with Gasteiger partial charge in [-0.25, -0.2) is 9.67 Å². The fourth-order valence-electron chi connectivity index (χ4n) is 1.86. The van der Waals surface area contributed by atoms with Crippen LogP contribution in [0.15, 0.2) is 29.0 Å². The van der Waals surface area contributed by atoms with Crippen LogP contribution in [0.3, 0.4) is 0 Å². The van der Waals surface area contributed by atoms with Gasteiger partial charge in [0.2, 0.25) is 0 Å². The van der Waals surface area contributed by atoms with Gasteiger partial charge in [0.25, 0.3) is 0 Å². The molecule has 4 nitrogen and oxygen atoms in total. The summed E-state index contributed by atoms with van der Waals surface area (Å²) in [6.45, 7) is 3.06. The van der Waals surface area contributed by atoms with Crippen LogP contribution < -0.4 is 5.32 Å². The summed E-state index contributed by atoms with van der Waals surface area (Å²) < 4.78 is 40.2. The zero-order valence-electron chi connectivity index (χ0n) is 11.3. The predicted octanol–water partition coefficient (Wildman–Crippen LogP) is 4.08. The molecule has 0 saturated heterocycles. The predicted molar refractivity (Wildman–Crippen MR) is 76.8 cm³/mol. The second-order valence-electron chi connectivity index (χ2n) is 4.45. The Morgan fingerprint density at radius 3 is 2.76 bits per heavy atom. The maximum Gasteiger partial charge on any atom is 0.417 e. The number of anilines is 1. The van der Waals surface area contributed by atoms with Crippen LogP contribution in [0.1, 0.15) is 24.7 Å². The minimum absolute atomic E-state index is 0.0229. The van der Waals surface area contributed by atoms with Crippen LogP contribution in [0.4, 0.5) is 18.9 Å². The van der Waals surface area contributed by atoms with Crippen LogP contribution in [-0.2, 0) is 19.3 Å². The van der Waals surface area contributed by atoms with E-state index in [4.69, 9.17) is 0 Å². The van der Waals surface area contributed by atoms with E-state index in [0.29, 0.717) is 18.1 Å². The van der Waals surface area contributed by atoms with E-state index in [2.05, 4.69) is 31.3 Å². The van der Waals surface area contributed by atoms with Crippen molar-refractivity contribution in [2.75, 3.05) is 5.32 Å². The molecule has 1 N–H and O–H groups in total. The van der Waals surface area contributed by atoms with Gasteiger partial charge in [-0.3, -0.25) is 0 Å². The molecule has 0 amide bonds. The van der Waals surface area contributed by atoms with Crippen molar-refractivity contribution in [3.63, 3.8) is 0 Å². The first-order chi connectivity index (χ1) is 9.91. The van der Waals surface area contributed by atoms with Crippen LogP contribution >= 0.6 is 15.9 Å². The summed E-state index contributed by atoms with van der Waals surface area (Å²) in [5, 5.41) is 7.01. The van der Waals surface area contributed by atoms with Gasteiger partial charge < -0.3 is 5.32 Å². The highest BCUT2D eigenvalue weighted by Gasteiger charge is 2.33. The molecular weight excluding hydrogens is 349 g/mol. The highest BCUT2D eigenvalue weighted by Crippen LogP contribution is 2.36. The molecule has 0 saturated carbocycles. The lowest BCUT2D eigenvalue weighted by Crippen LogP contribution is -2.11. The molecule has 2 aromatic rings. The van der Waals surface area contributed by atoms with E-state index in [1.165, 1.54) is 12.4 Å². The van der Waals surface area contributed by atoms with Crippen LogP contribution in [0.2, 0.25) is 0 Å². The van der Waals surface area contributed by atoms with E-state index >= 15 is 0 Å². The standard InChI is InChI=1S/C13H14BrF3N4/c1-2-5-21-12(19-8-20-21)7-18-9-3-4-11(14)10(6-9)13(15,16)17/h3-4,6,8,18H,2,5,7H2,1H3. The van der Waals surface area contributed by atoms with E-state index in [9.17, 15) is 13.2 Å². The number of hydrogen-bond donors (Lipinski definition) is 1. The number of aryl methyl sites for hydroxylation is 1. The van der Waals surface area contributed by atoms with Gasteiger partial charge in [-0.05, 0) is 24.6 Å². The quantitative estimate of drug-likeness (QED) is 0.871. The third-order valence-electron chi connectivity index (χ3n) is 2.85. The molecule has 0 spiro atoms. The van der Waals surface area contributed by atoms with Crippen LogP contribution in [0.25, 0.3) is 0 Å². The molecule has 0 atom stereocenters. The fourth-order valence-corrected chi connectivity index (χ4v) is 2.33. The van der Waals surface area contributed by atoms with Crippen molar-refractivity contribution in [2.45, 2.75) is 32.6 Å². The number of nitrogens with zero attached hydrogens (tertiary/aromatic N) is 3. The summed E-state index contributed by atoms with van der Waals surface area (Å²) >= 11 is 2.91. The largest absolute Gasteiger partial charge is 0.417 e. The van der Waals surface area contributed by atoms with Gasteiger partial charge in [0.05, 0.1) is 12.1 Å². The SMILES string of the molecule is CCCn1ncnc1CNc1ccc(Br)c(C(F)(F)F)c1. The molecule has 0 radical (unpaired) electrons. The number of rotatable bonds is 5. The zero-order chi connectivity index (χ0) is 15.5. The smallest absolute Gasteiger partial charge is 0.378 e. The maximum absolute atomic E-state index is 12.8. The van der Waals surface area contributed by atoms with Crippen molar-refractivity contribution >= 4 is 21.6 Å². The fraction of sp³-hybridized carbons (Fsp3) is 0.385. The van der Waals surface area contributed by atoms with Gasteiger partial charge in [0.1, 0.15) is 12.2 Å². The molecule has 0 aliphatic heterocycles. The first kappa shape index (κ1) is 15.8. The van der Waals surface area contributed by atoms with E-state index in [1.54, 1.807) is 10.7 Å². The average molecular weight is 363 g/mol. The molecule has 0 aliphatic carbocycles. The van der Waals surface area contributed by atoms with E-state index < -0.39 is 11.7 Å². The summed E-state index contributed by atoms with van der Waals surface area (Å²) in [4.78, 5) is 4.10. The molecule has 0 bridgehead atoms. The minimum Gasteiger partial charge on any atom is -0.378 e. The molecule has 21 heavy (non-hydrogen) atoms. The highest BCUT2D eigenvalue weighted by molar-refractivity contribution is 9.10. The third kappa shape index (κ3) is 3.96. The molecule has 0 fully saturated rings. The Morgan fingerprint density at radius 1 is 1.33 bits per heavy atom. The molecule has 0 unspecified atom stereocenters. The third-order valence-corrected chi connectivity index (χ3v) is 3.55.